The quantitative estimate of drug-likeness (QED) is 0.798. The van der Waals surface area contributed by atoms with Crippen molar-refractivity contribution < 1.29 is 8.78 Å². The maximum atomic E-state index is 13.2. The van der Waals surface area contributed by atoms with Gasteiger partial charge in [0.25, 0.3) is 0 Å². The highest BCUT2D eigenvalue weighted by Gasteiger charge is 2.21. The predicted molar refractivity (Wildman–Crippen MR) is 80.9 cm³/mol. The van der Waals surface area contributed by atoms with Crippen LogP contribution in [-0.2, 0) is 0 Å². The normalized spacial score (nSPS) is 17.8. The van der Waals surface area contributed by atoms with Crippen LogP contribution >= 0.6 is 0 Å². The molecule has 1 aliphatic heterocycles. The molecular formula is C14H16F2N6. The first-order valence-electron chi connectivity index (χ1n) is 6.88. The summed E-state index contributed by atoms with van der Waals surface area (Å²) in [5, 5.41) is 2.89. The fraction of sp³-hybridized carbons (Fsp3) is 0.286. The molecule has 0 aliphatic carbocycles. The zero-order chi connectivity index (χ0) is 15.7. The molecule has 1 aromatic heterocycles. The number of nitrogens with zero attached hydrogens (tertiary/aromatic N) is 3. The summed E-state index contributed by atoms with van der Waals surface area (Å²) in [5.74, 6) is -0.667. The van der Waals surface area contributed by atoms with Gasteiger partial charge in [0.05, 0.1) is 0 Å². The highest BCUT2D eigenvalue weighted by molar-refractivity contribution is 5.61. The lowest BCUT2D eigenvalue weighted by Gasteiger charge is -2.18. The third-order valence-electron chi connectivity index (χ3n) is 3.47. The molecule has 1 atom stereocenters. The molecule has 0 spiro atoms. The summed E-state index contributed by atoms with van der Waals surface area (Å²) in [4.78, 5) is 10.3. The fourth-order valence-corrected chi connectivity index (χ4v) is 2.40. The van der Waals surface area contributed by atoms with Gasteiger partial charge >= 0.3 is 0 Å². The zero-order valence-corrected chi connectivity index (χ0v) is 11.8. The van der Waals surface area contributed by atoms with Crippen LogP contribution in [0.5, 0.6) is 0 Å². The average molecular weight is 306 g/mol. The van der Waals surface area contributed by atoms with Crippen molar-refractivity contribution in [3.8, 4) is 0 Å². The third kappa shape index (κ3) is 3.06. The van der Waals surface area contributed by atoms with E-state index in [1.165, 1.54) is 6.07 Å². The number of hydrogen-bond acceptors (Lipinski definition) is 6. The number of nitrogens with two attached hydrogens (primary N) is 2. The van der Waals surface area contributed by atoms with Gasteiger partial charge in [-0.25, -0.2) is 8.78 Å². The molecule has 2 heterocycles. The number of anilines is 4. The van der Waals surface area contributed by atoms with Crippen molar-refractivity contribution in [2.75, 3.05) is 29.0 Å². The first-order chi connectivity index (χ1) is 10.5. The molecule has 0 bridgehead atoms. The van der Waals surface area contributed by atoms with E-state index in [0.717, 1.165) is 25.1 Å². The zero-order valence-electron chi connectivity index (χ0n) is 11.8. The van der Waals surface area contributed by atoms with Crippen LogP contribution < -0.4 is 21.7 Å². The van der Waals surface area contributed by atoms with Crippen molar-refractivity contribution in [3.63, 3.8) is 0 Å². The van der Waals surface area contributed by atoms with Crippen LogP contribution in [0.2, 0.25) is 0 Å². The van der Waals surface area contributed by atoms with Gasteiger partial charge < -0.3 is 21.7 Å². The van der Waals surface area contributed by atoms with Gasteiger partial charge in [0.2, 0.25) is 5.95 Å². The standard InChI is InChI=1S/C14H16F2N6/c15-10-2-1-9(5-11(10)16)19-12-6-13(21-14(18)20-12)22-4-3-8(17)7-22/h1-2,5-6,8H,3-4,7,17H2,(H3,18,19,20,21)/t8-/m1/s1. The van der Waals surface area contributed by atoms with Gasteiger partial charge in [-0.15, -0.1) is 0 Å². The summed E-state index contributed by atoms with van der Waals surface area (Å²) in [6.45, 7) is 1.49. The van der Waals surface area contributed by atoms with Gasteiger partial charge in [0.1, 0.15) is 11.6 Å². The molecule has 6 nitrogen and oxygen atoms in total. The minimum atomic E-state index is -0.933. The Morgan fingerprint density at radius 3 is 2.68 bits per heavy atom. The number of halogens is 2. The Bertz CT molecular complexity index is 693. The molecule has 0 unspecified atom stereocenters. The average Bonchev–Trinajstić information content (AvgIpc) is 2.89. The number of nitrogens with one attached hydrogen (secondary N) is 1. The second-order valence-electron chi connectivity index (χ2n) is 5.22. The molecule has 2 aromatic rings. The second kappa shape index (κ2) is 5.72. The van der Waals surface area contributed by atoms with Crippen LogP contribution in [0.25, 0.3) is 0 Å². The van der Waals surface area contributed by atoms with E-state index in [4.69, 9.17) is 11.5 Å². The summed E-state index contributed by atoms with van der Waals surface area (Å²) < 4.78 is 26.2. The molecule has 22 heavy (non-hydrogen) atoms. The monoisotopic (exact) mass is 306 g/mol. The van der Waals surface area contributed by atoms with Gasteiger partial charge in [0, 0.05) is 37.0 Å². The van der Waals surface area contributed by atoms with E-state index in [2.05, 4.69) is 15.3 Å². The van der Waals surface area contributed by atoms with Gasteiger partial charge in [0.15, 0.2) is 11.6 Å². The number of nitrogen functional groups attached to an aromatic ring is 1. The van der Waals surface area contributed by atoms with Crippen LogP contribution in [0.4, 0.5) is 32.1 Å². The second-order valence-corrected chi connectivity index (χ2v) is 5.22. The van der Waals surface area contributed by atoms with Crippen molar-refractivity contribution >= 4 is 23.3 Å². The molecule has 1 aliphatic rings. The van der Waals surface area contributed by atoms with Crippen molar-refractivity contribution in [1.29, 1.82) is 0 Å². The molecule has 0 amide bonds. The van der Waals surface area contributed by atoms with Crippen molar-refractivity contribution in [2.45, 2.75) is 12.5 Å². The number of rotatable bonds is 3. The minimum absolute atomic E-state index is 0.100. The van der Waals surface area contributed by atoms with Gasteiger partial charge in [-0.3, -0.25) is 0 Å². The smallest absolute Gasteiger partial charge is 0.223 e. The predicted octanol–water partition coefficient (Wildman–Crippen LogP) is 1.62. The molecule has 1 saturated heterocycles. The lowest BCUT2D eigenvalue weighted by Crippen LogP contribution is -2.27. The Balaban J connectivity index is 1.84. The summed E-state index contributed by atoms with van der Waals surface area (Å²) in [6, 6.07) is 5.33. The Morgan fingerprint density at radius 1 is 1.18 bits per heavy atom. The van der Waals surface area contributed by atoms with Gasteiger partial charge in [-0.1, -0.05) is 0 Å². The van der Waals surface area contributed by atoms with E-state index >= 15 is 0 Å². The van der Waals surface area contributed by atoms with Gasteiger partial charge in [-0.05, 0) is 18.6 Å². The Kier molecular flexibility index (Phi) is 3.76. The summed E-state index contributed by atoms with van der Waals surface area (Å²) >= 11 is 0. The lowest BCUT2D eigenvalue weighted by molar-refractivity contribution is 0.509. The highest BCUT2D eigenvalue weighted by atomic mass is 19.2. The Morgan fingerprint density at radius 2 is 2.00 bits per heavy atom. The maximum Gasteiger partial charge on any atom is 0.223 e. The first kappa shape index (κ1) is 14.5. The number of hydrogen-bond donors (Lipinski definition) is 3. The molecule has 1 fully saturated rings. The molecule has 3 rings (SSSR count). The minimum Gasteiger partial charge on any atom is -0.368 e. The topological polar surface area (TPSA) is 93.1 Å². The van der Waals surface area contributed by atoms with E-state index in [0.29, 0.717) is 23.9 Å². The van der Waals surface area contributed by atoms with E-state index in [-0.39, 0.29) is 12.0 Å². The van der Waals surface area contributed by atoms with Crippen LogP contribution in [0.3, 0.4) is 0 Å². The molecule has 8 heteroatoms. The van der Waals surface area contributed by atoms with Crippen molar-refractivity contribution in [1.82, 2.24) is 9.97 Å². The SMILES string of the molecule is Nc1nc(Nc2ccc(F)c(F)c2)cc(N2CC[C@@H](N)C2)n1. The fourth-order valence-electron chi connectivity index (χ4n) is 2.40. The molecular weight excluding hydrogens is 290 g/mol. The van der Waals surface area contributed by atoms with E-state index in [9.17, 15) is 8.78 Å². The molecule has 5 N–H and O–H groups in total. The third-order valence-corrected chi connectivity index (χ3v) is 3.47. The van der Waals surface area contributed by atoms with E-state index < -0.39 is 11.6 Å². The largest absolute Gasteiger partial charge is 0.368 e. The first-order valence-corrected chi connectivity index (χ1v) is 6.88. The van der Waals surface area contributed by atoms with Crippen LogP contribution in [-0.4, -0.2) is 29.1 Å². The highest BCUT2D eigenvalue weighted by Crippen LogP contribution is 2.24. The van der Waals surface area contributed by atoms with Crippen molar-refractivity contribution in [3.05, 3.63) is 35.9 Å². The Labute approximate surface area is 126 Å². The Hall–Kier alpha value is -2.48. The molecule has 0 radical (unpaired) electrons. The summed E-state index contributed by atoms with van der Waals surface area (Å²) in [7, 11) is 0. The molecule has 0 saturated carbocycles. The number of benzene rings is 1. The van der Waals surface area contributed by atoms with Crippen LogP contribution in [0.1, 0.15) is 6.42 Å². The van der Waals surface area contributed by atoms with E-state index in [1.54, 1.807) is 6.07 Å². The molecule has 1 aromatic carbocycles. The van der Waals surface area contributed by atoms with Crippen LogP contribution in [0, 0.1) is 11.6 Å². The van der Waals surface area contributed by atoms with Gasteiger partial charge in [-0.2, -0.15) is 9.97 Å². The molecule has 116 valence electrons. The maximum absolute atomic E-state index is 13.2. The van der Waals surface area contributed by atoms with Crippen molar-refractivity contribution in [2.24, 2.45) is 5.73 Å². The number of aromatic nitrogens is 2. The summed E-state index contributed by atoms with van der Waals surface area (Å²) in [5.41, 5.74) is 12.0. The lowest BCUT2D eigenvalue weighted by atomic mass is 10.3. The van der Waals surface area contributed by atoms with E-state index in [1.807, 2.05) is 4.90 Å². The summed E-state index contributed by atoms with van der Waals surface area (Å²) in [6.07, 6.45) is 0.885. The van der Waals surface area contributed by atoms with Crippen LogP contribution in [0.15, 0.2) is 24.3 Å².